The van der Waals surface area contributed by atoms with Crippen molar-refractivity contribution in [2.24, 2.45) is 0 Å². The lowest BCUT2D eigenvalue weighted by molar-refractivity contribution is 0.586. The minimum absolute atomic E-state index is 0.865. The summed E-state index contributed by atoms with van der Waals surface area (Å²) in [5, 5.41) is 1.78. The van der Waals surface area contributed by atoms with Crippen molar-refractivity contribution in [3.8, 4) is 11.1 Å². The van der Waals surface area contributed by atoms with Crippen molar-refractivity contribution in [2.75, 3.05) is 4.67 Å². The molecule has 0 radical (unpaired) electrons. The molecule has 6 rings (SSSR count). The normalized spacial score (nSPS) is 18.8. The van der Waals surface area contributed by atoms with Crippen LogP contribution in [0.1, 0.15) is 0 Å². The van der Waals surface area contributed by atoms with E-state index in [1.165, 1.54) is 0 Å². The SMILES string of the molecule is O=P1(c2ccccc2)c2ccccc2-c2cccc3c2N1c1ccccc1S3. The van der Waals surface area contributed by atoms with E-state index in [-0.39, 0.29) is 0 Å². The van der Waals surface area contributed by atoms with Crippen molar-refractivity contribution >= 4 is 41.0 Å². The van der Waals surface area contributed by atoms with Gasteiger partial charge in [0.1, 0.15) is 0 Å². The van der Waals surface area contributed by atoms with Crippen LogP contribution in [0.3, 0.4) is 0 Å². The Morgan fingerprint density at radius 1 is 0.643 bits per heavy atom. The lowest BCUT2D eigenvalue weighted by Crippen LogP contribution is -2.35. The molecule has 1 unspecified atom stereocenters. The topological polar surface area (TPSA) is 20.3 Å². The Morgan fingerprint density at radius 3 is 2.21 bits per heavy atom. The molecule has 0 aliphatic carbocycles. The maximum absolute atomic E-state index is 15.0. The average Bonchev–Trinajstić information content (AvgIpc) is 2.77. The molecule has 0 saturated heterocycles. The molecule has 4 heteroatoms. The van der Waals surface area contributed by atoms with Crippen LogP contribution < -0.4 is 15.3 Å². The number of para-hydroxylation sites is 2. The molecule has 0 saturated carbocycles. The molecular weight excluding hydrogens is 381 g/mol. The fraction of sp³-hybridized carbons (Fsp3) is 0. The lowest BCUT2D eigenvalue weighted by atomic mass is 10.0. The monoisotopic (exact) mass is 397 g/mol. The van der Waals surface area contributed by atoms with Crippen LogP contribution in [0.5, 0.6) is 0 Å². The highest BCUT2D eigenvalue weighted by Crippen LogP contribution is 2.66. The number of hydrogen-bond donors (Lipinski definition) is 0. The molecule has 0 amide bonds. The summed E-state index contributed by atoms with van der Waals surface area (Å²) >= 11 is 1.76. The summed E-state index contributed by atoms with van der Waals surface area (Å²) in [6.45, 7) is 0. The van der Waals surface area contributed by atoms with Crippen LogP contribution in [0.2, 0.25) is 0 Å². The Balaban J connectivity index is 1.79. The van der Waals surface area contributed by atoms with E-state index in [9.17, 15) is 0 Å². The molecule has 0 fully saturated rings. The molecular formula is C24H16NOPS. The van der Waals surface area contributed by atoms with Crippen LogP contribution in [-0.2, 0) is 4.57 Å². The van der Waals surface area contributed by atoms with Gasteiger partial charge in [0, 0.05) is 26.0 Å². The van der Waals surface area contributed by atoms with Crippen molar-refractivity contribution in [3.05, 3.63) is 97.1 Å². The van der Waals surface area contributed by atoms with E-state index in [2.05, 4.69) is 41.1 Å². The highest BCUT2D eigenvalue weighted by atomic mass is 32.2. The maximum Gasteiger partial charge on any atom is 0.234 e. The second-order valence-electron chi connectivity index (χ2n) is 6.96. The van der Waals surface area contributed by atoms with Gasteiger partial charge in [-0.1, -0.05) is 72.4 Å². The van der Waals surface area contributed by atoms with Crippen molar-refractivity contribution < 1.29 is 4.57 Å². The molecule has 2 aliphatic rings. The van der Waals surface area contributed by atoms with Gasteiger partial charge in [0.25, 0.3) is 0 Å². The van der Waals surface area contributed by atoms with Gasteiger partial charge in [-0.2, -0.15) is 0 Å². The Hall–Kier alpha value is -2.74. The molecule has 134 valence electrons. The van der Waals surface area contributed by atoms with E-state index in [0.717, 1.165) is 42.9 Å². The van der Waals surface area contributed by atoms with Crippen molar-refractivity contribution in [1.82, 2.24) is 0 Å². The van der Waals surface area contributed by atoms with Crippen molar-refractivity contribution in [1.29, 1.82) is 0 Å². The molecule has 0 N–H and O–H groups in total. The van der Waals surface area contributed by atoms with Crippen LogP contribution in [0, 0.1) is 0 Å². The summed E-state index contributed by atoms with van der Waals surface area (Å²) < 4.78 is 17.2. The third-order valence-electron chi connectivity index (χ3n) is 5.43. The third-order valence-corrected chi connectivity index (χ3v) is 9.57. The van der Waals surface area contributed by atoms with Gasteiger partial charge in [-0.25, -0.2) is 0 Å². The predicted octanol–water partition coefficient (Wildman–Crippen LogP) is 6.20. The van der Waals surface area contributed by atoms with Crippen molar-refractivity contribution in [2.45, 2.75) is 9.79 Å². The van der Waals surface area contributed by atoms with E-state index in [1.807, 2.05) is 60.7 Å². The summed E-state index contributed by atoms with van der Waals surface area (Å²) in [6, 6.07) is 32.7. The first kappa shape index (κ1) is 16.2. The average molecular weight is 397 g/mol. The van der Waals surface area contributed by atoms with Gasteiger partial charge in [0.05, 0.1) is 11.4 Å². The molecule has 0 aromatic heterocycles. The smallest absolute Gasteiger partial charge is 0.234 e. The Kier molecular flexibility index (Phi) is 3.41. The van der Waals surface area contributed by atoms with Crippen LogP contribution in [-0.4, -0.2) is 0 Å². The first-order chi connectivity index (χ1) is 13.8. The van der Waals surface area contributed by atoms with Crippen molar-refractivity contribution in [3.63, 3.8) is 0 Å². The van der Waals surface area contributed by atoms with Gasteiger partial charge in [-0.05, 0) is 42.0 Å². The minimum Gasteiger partial charge on any atom is -0.289 e. The van der Waals surface area contributed by atoms with Crippen LogP contribution >= 0.6 is 19.1 Å². The quantitative estimate of drug-likeness (QED) is 0.357. The van der Waals surface area contributed by atoms with Gasteiger partial charge < -0.3 is 0 Å². The third kappa shape index (κ3) is 2.03. The largest absolute Gasteiger partial charge is 0.289 e. The van der Waals surface area contributed by atoms with Gasteiger partial charge in [-0.15, -0.1) is 0 Å². The summed E-state index contributed by atoms with van der Waals surface area (Å²) in [7, 11) is -3.09. The van der Waals surface area contributed by atoms with E-state index in [0.29, 0.717) is 0 Å². The summed E-state index contributed by atoms with van der Waals surface area (Å²) in [6.07, 6.45) is 0. The van der Waals surface area contributed by atoms with E-state index >= 15 is 4.57 Å². The van der Waals surface area contributed by atoms with Crippen LogP contribution in [0.25, 0.3) is 11.1 Å². The highest BCUT2D eigenvalue weighted by molar-refractivity contribution is 8.00. The minimum atomic E-state index is -3.09. The zero-order valence-electron chi connectivity index (χ0n) is 14.9. The number of nitrogens with zero attached hydrogens (tertiary/aromatic N) is 1. The number of fused-ring (bicyclic) bond motifs is 4. The number of anilines is 2. The van der Waals surface area contributed by atoms with Gasteiger partial charge in [-0.3, -0.25) is 9.24 Å². The fourth-order valence-electron chi connectivity index (χ4n) is 4.25. The molecule has 0 spiro atoms. The zero-order valence-corrected chi connectivity index (χ0v) is 16.7. The Labute approximate surface area is 168 Å². The van der Waals surface area contributed by atoms with Gasteiger partial charge in [0.15, 0.2) is 0 Å². The van der Waals surface area contributed by atoms with E-state index in [1.54, 1.807) is 11.8 Å². The first-order valence-corrected chi connectivity index (χ1v) is 11.7. The molecule has 4 aromatic carbocycles. The Bertz CT molecular complexity index is 1280. The molecule has 1 atom stereocenters. The highest BCUT2D eigenvalue weighted by Gasteiger charge is 2.45. The molecule has 2 heterocycles. The lowest BCUT2D eigenvalue weighted by Gasteiger charge is -2.43. The zero-order chi connectivity index (χ0) is 18.7. The number of rotatable bonds is 1. The number of benzene rings is 4. The van der Waals surface area contributed by atoms with Gasteiger partial charge >= 0.3 is 0 Å². The number of hydrogen-bond acceptors (Lipinski definition) is 2. The van der Waals surface area contributed by atoms with Crippen LogP contribution in [0.4, 0.5) is 11.4 Å². The summed E-state index contributed by atoms with van der Waals surface area (Å²) in [5.41, 5.74) is 4.31. The van der Waals surface area contributed by atoms with Crippen LogP contribution in [0.15, 0.2) is 107 Å². The second kappa shape index (κ2) is 5.88. The molecule has 2 aliphatic heterocycles. The van der Waals surface area contributed by atoms with Gasteiger partial charge in [0.2, 0.25) is 7.29 Å². The molecule has 28 heavy (non-hydrogen) atoms. The van der Waals surface area contributed by atoms with E-state index < -0.39 is 7.29 Å². The molecule has 0 bridgehead atoms. The second-order valence-corrected chi connectivity index (χ2v) is 10.6. The Morgan fingerprint density at radius 2 is 1.32 bits per heavy atom. The standard InChI is InChI=1S/C24H16NOPS/c26-27(17-9-2-1-3-10-17)21-14-6-4-11-18(21)19-12-8-16-23-24(19)25(27)20-13-5-7-15-22(20)28-23/h1-16H. The molecule has 4 aromatic rings. The maximum atomic E-state index is 15.0. The van der Waals surface area contributed by atoms with E-state index in [4.69, 9.17) is 0 Å². The first-order valence-electron chi connectivity index (χ1n) is 9.24. The summed E-state index contributed by atoms with van der Waals surface area (Å²) in [5.74, 6) is 0. The predicted molar refractivity (Wildman–Crippen MR) is 118 cm³/mol. The molecule has 2 nitrogen and oxygen atoms in total. The fourth-order valence-corrected chi connectivity index (χ4v) is 8.56. The summed E-state index contributed by atoms with van der Waals surface area (Å²) in [4.78, 5) is 2.30.